The molecule has 9 aromatic carbocycles. The van der Waals surface area contributed by atoms with Gasteiger partial charge in [0.15, 0.2) is 0 Å². The molecule has 0 saturated heterocycles. The van der Waals surface area contributed by atoms with Gasteiger partial charge < -0.3 is 14.4 Å². The highest BCUT2D eigenvalue weighted by Gasteiger charge is 2.21. The molecular weight excluding hydrogens is 667 g/mol. The Kier molecular flexibility index (Phi) is 6.27. The second-order valence-electron chi connectivity index (χ2n) is 14.0. The molecule has 1 aliphatic rings. The lowest BCUT2D eigenvalue weighted by molar-refractivity contribution is 1.20. The van der Waals surface area contributed by atoms with Gasteiger partial charge in [-0.05, 0) is 119 Å². The van der Waals surface area contributed by atoms with Crippen LogP contribution in [0.5, 0.6) is 0 Å². The fraction of sp³-hybridized carbons (Fsp3) is 0. The van der Waals surface area contributed by atoms with Gasteiger partial charge in [-0.15, -0.1) is 0 Å². The molecule has 1 aromatic heterocycles. The van der Waals surface area contributed by atoms with E-state index in [1.165, 1.54) is 0 Å². The van der Waals surface area contributed by atoms with Crippen molar-refractivity contribution in [2.45, 2.75) is 0 Å². The van der Waals surface area contributed by atoms with E-state index in [9.17, 15) is 2.74 Å². The van der Waals surface area contributed by atoms with Crippen LogP contribution >= 0.6 is 0 Å². The second-order valence-corrected chi connectivity index (χ2v) is 14.0. The van der Waals surface area contributed by atoms with Gasteiger partial charge in [-0.1, -0.05) is 121 Å². The van der Waals surface area contributed by atoms with E-state index >= 15 is 0 Å². The molecule has 0 saturated carbocycles. The van der Waals surface area contributed by atoms with Crippen molar-refractivity contribution in [3.63, 3.8) is 0 Å². The summed E-state index contributed by atoms with van der Waals surface area (Å²) < 4.78 is 38.0. The summed E-state index contributed by atoms with van der Waals surface area (Å²) in [4.78, 5) is 4.55. The Morgan fingerprint density at radius 3 is 1.45 bits per heavy atom. The Labute approximate surface area is 325 Å². The standard InChI is InChI=1S/C52H35N3/c1-2-19-41(20-3-1)53-42-21-8-15-37(31-42)39-17-10-23-44(33-39)54(45-24-11-18-40(34-45)38-16-9-22-43(53)32-38)46-29-30-52-49(35-46)48-26-6-7-27-51(48)55(52)50-28-12-14-36-13-4-5-25-47(36)50/h1-35H/i6D,7D,26D,27D. The van der Waals surface area contributed by atoms with Gasteiger partial charge in [-0.3, -0.25) is 0 Å². The van der Waals surface area contributed by atoms with Crippen molar-refractivity contribution in [1.29, 1.82) is 0 Å². The first kappa shape index (κ1) is 27.3. The molecule has 3 heteroatoms. The van der Waals surface area contributed by atoms with E-state index < -0.39 is 0 Å². The number of anilines is 6. The average Bonchev–Trinajstić information content (AvgIpc) is 3.63. The van der Waals surface area contributed by atoms with Gasteiger partial charge in [-0.25, -0.2) is 0 Å². The lowest BCUT2D eigenvalue weighted by Crippen LogP contribution is -2.11. The van der Waals surface area contributed by atoms with E-state index in [0.29, 0.717) is 10.9 Å². The first-order valence-electron chi connectivity index (χ1n) is 20.5. The van der Waals surface area contributed by atoms with E-state index in [4.69, 9.17) is 2.74 Å². The minimum atomic E-state index is -0.254. The Bertz CT molecular complexity index is 3200. The Hall–Kier alpha value is -7.36. The van der Waals surface area contributed by atoms with Crippen LogP contribution in [0.3, 0.4) is 0 Å². The van der Waals surface area contributed by atoms with Gasteiger partial charge in [0, 0.05) is 50.3 Å². The van der Waals surface area contributed by atoms with Crippen molar-refractivity contribution in [2.24, 2.45) is 0 Å². The molecule has 0 aliphatic carbocycles. The number of hydrogen-bond acceptors (Lipinski definition) is 2. The van der Waals surface area contributed by atoms with Crippen LogP contribution in [0.4, 0.5) is 34.1 Å². The maximum Gasteiger partial charge on any atom is 0.0645 e. The number of aromatic nitrogens is 1. The summed E-state index contributed by atoms with van der Waals surface area (Å²) in [6.45, 7) is 0. The molecule has 1 aliphatic heterocycles. The molecule has 0 spiro atoms. The highest BCUT2D eigenvalue weighted by molar-refractivity contribution is 6.12. The number of para-hydroxylation sites is 2. The van der Waals surface area contributed by atoms with Crippen molar-refractivity contribution < 1.29 is 5.48 Å². The van der Waals surface area contributed by atoms with E-state index in [1.807, 2.05) is 34.9 Å². The molecule has 10 aromatic rings. The summed E-state index contributed by atoms with van der Waals surface area (Å²) in [6.07, 6.45) is 0. The predicted molar refractivity (Wildman–Crippen MR) is 232 cm³/mol. The predicted octanol–water partition coefficient (Wildman–Crippen LogP) is 14.5. The fourth-order valence-corrected chi connectivity index (χ4v) is 8.27. The molecule has 0 radical (unpaired) electrons. The maximum absolute atomic E-state index is 9.27. The van der Waals surface area contributed by atoms with Gasteiger partial charge in [0.1, 0.15) is 0 Å². The highest BCUT2D eigenvalue weighted by atomic mass is 15.1. The van der Waals surface area contributed by atoms with E-state index in [0.717, 1.165) is 83.7 Å². The molecule has 0 atom stereocenters. The molecular formula is C52H35N3. The quantitative estimate of drug-likeness (QED) is 0.181. The number of fused-ring (bicyclic) bond motifs is 14. The third-order valence-corrected chi connectivity index (χ3v) is 10.7. The van der Waals surface area contributed by atoms with Crippen LogP contribution in [0.2, 0.25) is 0 Å². The normalized spacial score (nSPS) is 13.3. The third kappa shape index (κ3) is 5.20. The fourth-order valence-electron chi connectivity index (χ4n) is 8.27. The number of hydrogen-bond donors (Lipinski definition) is 0. The van der Waals surface area contributed by atoms with Gasteiger partial charge >= 0.3 is 0 Å². The molecule has 11 rings (SSSR count). The molecule has 55 heavy (non-hydrogen) atoms. The molecule has 2 heterocycles. The number of rotatable bonds is 3. The first-order valence-corrected chi connectivity index (χ1v) is 18.5. The van der Waals surface area contributed by atoms with Crippen molar-refractivity contribution in [3.8, 4) is 27.9 Å². The van der Waals surface area contributed by atoms with E-state index in [-0.39, 0.29) is 24.2 Å². The van der Waals surface area contributed by atoms with Crippen LogP contribution in [0.15, 0.2) is 212 Å². The van der Waals surface area contributed by atoms with Crippen LogP contribution in [0, 0.1) is 0 Å². The van der Waals surface area contributed by atoms with Crippen molar-refractivity contribution >= 4 is 66.7 Å². The first-order chi connectivity index (χ1) is 28.9. The summed E-state index contributed by atoms with van der Waals surface area (Å²) in [5, 5.41) is 3.27. The minimum Gasteiger partial charge on any atom is -0.310 e. The smallest absolute Gasteiger partial charge is 0.0645 e. The van der Waals surface area contributed by atoms with Gasteiger partial charge in [0.25, 0.3) is 0 Å². The molecule has 0 fully saturated rings. The van der Waals surface area contributed by atoms with Gasteiger partial charge in [0.2, 0.25) is 0 Å². The van der Waals surface area contributed by atoms with E-state index in [1.54, 1.807) is 0 Å². The van der Waals surface area contributed by atoms with Crippen LogP contribution in [-0.4, -0.2) is 4.57 Å². The lowest BCUT2D eigenvalue weighted by Gasteiger charge is -2.28. The molecule has 258 valence electrons. The molecule has 3 nitrogen and oxygen atoms in total. The summed E-state index contributed by atoms with van der Waals surface area (Å²) in [7, 11) is 0. The second kappa shape index (κ2) is 12.6. The van der Waals surface area contributed by atoms with Gasteiger partial charge in [-0.2, -0.15) is 0 Å². The Morgan fingerprint density at radius 2 is 0.818 bits per heavy atom. The zero-order chi connectivity index (χ0) is 39.8. The van der Waals surface area contributed by atoms with Crippen molar-refractivity contribution in [2.75, 3.05) is 9.80 Å². The molecule has 8 bridgehead atoms. The zero-order valence-corrected chi connectivity index (χ0v) is 29.7. The Morgan fingerprint density at radius 1 is 0.327 bits per heavy atom. The topological polar surface area (TPSA) is 11.4 Å². The van der Waals surface area contributed by atoms with Crippen LogP contribution < -0.4 is 9.80 Å². The van der Waals surface area contributed by atoms with Crippen molar-refractivity contribution in [3.05, 3.63) is 212 Å². The highest BCUT2D eigenvalue weighted by Crippen LogP contribution is 2.44. The SMILES string of the molecule is [2H]c1c([2H])c([2H])c2c(c1[2H])c1cc(N3c4cccc(c4)-c4cccc(c4)N(c4ccccc4)c4cccc(c4)-c4cccc3c4)ccc1n2-c1cccc2ccccc12. The minimum absolute atomic E-state index is 0.0588. The van der Waals surface area contributed by atoms with E-state index in [2.05, 4.69) is 168 Å². The number of benzene rings is 9. The van der Waals surface area contributed by atoms with Crippen LogP contribution in [0.1, 0.15) is 5.48 Å². The molecule has 0 unspecified atom stereocenters. The summed E-state index contributed by atoms with van der Waals surface area (Å²) in [5.41, 5.74) is 12.3. The van der Waals surface area contributed by atoms with Crippen LogP contribution in [0.25, 0.3) is 60.5 Å². The molecule has 0 amide bonds. The largest absolute Gasteiger partial charge is 0.310 e. The monoisotopic (exact) mass is 705 g/mol. The average molecular weight is 706 g/mol. The van der Waals surface area contributed by atoms with Gasteiger partial charge in [0.05, 0.1) is 22.2 Å². The number of nitrogens with zero attached hydrogens (tertiary/aromatic N) is 3. The summed E-state index contributed by atoms with van der Waals surface area (Å²) in [5.74, 6) is 0. The summed E-state index contributed by atoms with van der Waals surface area (Å²) in [6, 6.07) is 64.8. The summed E-state index contributed by atoms with van der Waals surface area (Å²) >= 11 is 0. The van der Waals surface area contributed by atoms with Crippen LogP contribution in [-0.2, 0) is 0 Å². The third-order valence-electron chi connectivity index (χ3n) is 10.7. The lowest BCUT2D eigenvalue weighted by atomic mass is 10.00. The van der Waals surface area contributed by atoms with Crippen molar-refractivity contribution in [1.82, 2.24) is 4.57 Å². The zero-order valence-electron chi connectivity index (χ0n) is 33.7. The molecule has 0 N–H and O–H groups in total. The maximum atomic E-state index is 9.27. The Balaban J connectivity index is 1.18.